The van der Waals surface area contributed by atoms with Gasteiger partial charge in [0.05, 0.1) is 0 Å². The van der Waals surface area contributed by atoms with Crippen molar-refractivity contribution < 1.29 is 0 Å². The summed E-state index contributed by atoms with van der Waals surface area (Å²) < 4.78 is 0. The Balaban J connectivity index is -0.00000000500. The lowest BCUT2D eigenvalue weighted by atomic mass is 11.0. The van der Waals surface area contributed by atoms with E-state index in [1.807, 2.05) is 13.8 Å². The molecule has 0 atom stereocenters. The summed E-state index contributed by atoms with van der Waals surface area (Å²) in [5.41, 5.74) is 0. The van der Waals surface area contributed by atoms with Crippen LogP contribution in [0.15, 0.2) is 0 Å². The summed E-state index contributed by atoms with van der Waals surface area (Å²) in [6, 6.07) is 0. The highest BCUT2D eigenvalue weighted by Crippen LogP contribution is 1.14. The third kappa shape index (κ3) is 11.5. The predicted molar refractivity (Wildman–Crippen MR) is 31.2 cm³/mol. The van der Waals surface area contributed by atoms with E-state index < -0.39 is 0 Å². The Labute approximate surface area is 48.9 Å². The molecule has 0 aliphatic heterocycles. The molecule has 0 nitrogen and oxygen atoms in total. The Morgan fingerprint density at radius 3 is 0.750 bits per heavy atom. The Bertz CT molecular complexity index is 4.00. The van der Waals surface area contributed by atoms with Crippen LogP contribution in [0, 0.1) is 0 Å². The van der Waals surface area contributed by atoms with E-state index >= 15 is 0 Å². The van der Waals surface area contributed by atoms with Gasteiger partial charge in [0, 0.05) is 0 Å². The summed E-state index contributed by atoms with van der Waals surface area (Å²) in [6.45, 7) is 4.00. The average Bonchev–Trinajstić information content (AvgIpc) is 1.00. The summed E-state index contributed by atoms with van der Waals surface area (Å²) in [7, 11) is 0. The van der Waals surface area contributed by atoms with Gasteiger partial charge in [-0.2, -0.15) is 0 Å². The van der Waals surface area contributed by atoms with Crippen molar-refractivity contribution in [2.24, 2.45) is 0 Å². The molecular weight excluding hydrogens is 78.0 g/mol. The van der Waals surface area contributed by atoms with Gasteiger partial charge in [-0.3, -0.25) is 0 Å². The van der Waals surface area contributed by atoms with Crippen LogP contribution in [0.4, 0.5) is 0 Å². The Kier molecular flexibility index (Phi) is 165. The van der Waals surface area contributed by atoms with E-state index in [-0.39, 0.29) is 34.7 Å². The maximum atomic E-state index is 2.00. The van der Waals surface area contributed by atoms with E-state index in [2.05, 4.69) is 0 Å². The quantitative estimate of drug-likeness (QED) is 0.323. The highest BCUT2D eigenvalue weighted by atomic mass is 27.0. The van der Waals surface area contributed by atoms with Crippen LogP contribution in [0.3, 0.4) is 0 Å². The van der Waals surface area contributed by atoms with Gasteiger partial charge in [-0.15, -0.1) is 0 Å². The fraction of sp³-hybridized carbons (Fsp3) is 1.00. The van der Waals surface area contributed by atoms with Crippen molar-refractivity contribution in [3.8, 4) is 0 Å². The smallest absolute Gasteiger partial charge is 0.0683 e. The summed E-state index contributed by atoms with van der Waals surface area (Å²) in [4.78, 5) is 0. The largest absolute Gasteiger partial charge is 0.187 e. The number of rotatable bonds is 0. The second-order valence-electron chi connectivity index (χ2n) is 0. The van der Waals surface area contributed by atoms with Crippen molar-refractivity contribution in [2.45, 2.75) is 13.8 Å². The topological polar surface area (TPSA) is 0 Å². The molecule has 0 saturated heterocycles. The summed E-state index contributed by atoms with van der Waals surface area (Å²) in [6.07, 6.45) is 0. The van der Waals surface area contributed by atoms with Gasteiger partial charge in [-0.25, -0.2) is 0 Å². The van der Waals surface area contributed by atoms with Crippen molar-refractivity contribution in [1.29, 1.82) is 0 Å². The molecule has 0 aliphatic rings. The molecule has 0 amide bonds. The monoisotopic (exact) mass is 90.1 g/mol. The van der Waals surface area contributed by atoms with Crippen LogP contribution >= 0.6 is 0 Å². The predicted octanol–water partition coefficient (Wildman–Crippen LogP) is -1.34. The van der Waals surface area contributed by atoms with Crippen molar-refractivity contribution in [2.75, 3.05) is 0 Å². The first-order valence-corrected chi connectivity index (χ1v) is 1.00. The molecule has 0 N–H and O–H groups in total. The molecule has 0 rings (SSSR count). The third-order valence-corrected chi connectivity index (χ3v) is 0. The molecule has 0 aliphatic carbocycles. The van der Waals surface area contributed by atoms with Crippen LogP contribution in [0.1, 0.15) is 13.8 Å². The van der Waals surface area contributed by atoms with E-state index in [9.17, 15) is 0 Å². The maximum absolute atomic E-state index is 2.00. The Morgan fingerprint density at radius 1 is 0.750 bits per heavy atom. The first-order chi connectivity index (χ1) is 1.00. The minimum Gasteiger partial charge on any atom is -0.0683 e. The second kappa shape index (κ2) is 33.7. The Hall–Kier alpha value is 1.06. The highest BCUT2D eigenvalue weighted by Gasteiger charge is 0.932. The fourth-order valence-corrected chi connectivity index (χ4v) is 0. The van der Waals surface area contributed by atoms with Gasteiger partial charge < -0.3 is 0 Å². The number of hydrogen-bond donors (Lipinski definition) is 0. The van der Waals surface area contributed by atoms with Crippen LogP contribution < -0.4 is 0 Å². The number of hydrogen-bond acceptors (Lipinski definition) is 0. The minimum absolute atomic E-state index is 0. The highest BCUT2D eigenvalue weighted by molar-refractivity contribution is 5.76. The molecule has 2 heteroatoms. The summed E-state index contributed by atoms with van der Waals surface area (Å²) in [5, 5.41) is 0. The molecule has 26 valence electrons. The molecule has 0 spiro atoms. The van der Waals surface area contributed by atoms with E-state index in [1.54, 1.807) is 0 Å². The molecule has 4 heavy (non-hydrogen) atoms. The molecule has 0 bridgehead atoms. The Morgan fingerprint density at radius 2 is 0.750 bits per heavy atom. The lowest BCUT2D eigenvalue weighted by molar-refractivity contribution is 1.50. The van der Waals surface area contributed by atoms with Crippen LogP contribution in [0.5, 0.6) is 0 Å². The van der Waals surface area contributed by atoms with E-state index in [4.69, 9.17) is 0 Å². The van der Waals surface area contributed by atoms with Gasteiger partial charge in [0.25, 0.3) is 0 Å². The lowest BCUT2D eigenvalue weighted by Crippen LogP contribution is -0.856. The molecule has 0 aromatic heterocycles. The van der Waals surface area contributed by atoms with E-state index in [0.717, 1.165) is 0 Å². The second-order valence-corrected chi connectivity index (χ2v) is 0. The third-order valence-electron chi connectivity index (χ3n) is 0. The molecule has 0 aromatic rings. The first kappa shape index (κ1) is 19.6. The zero-order chi connectivity index (χ0) is 2.00. The normalized spacial score (nSPS) is 1.50. The summed E-state index contributed by atoms with van der Waals surface area (Å²) >= 11 is 0. The SMILES string of the molecule is CC.[AlH3].[AlH3]. The molecular formula is C2H12Al2. The standard InChI is InChI=1S/C2H6.2Al.6H/c1-2;;;;;;;;/h1-2H3;;;;;;;;. The lowest BCUT2D eigenvalue weighted by Gasteiger charge is -1.07. The van der Waals surface area contributed by atoms with E-state index in [1.165, 1.54) is 0 Å². The van der Waals surface area contributed by atoms with Gasteiger partial charge in [0.15, 0.2) is 34.7 Å². The van der Waals surface area contributed by atoms with Gasteiger partial charge >= 0.3 is 0 Å². The molecule has 0 radical (unpaired) electrons. The van der Waals surface area contributed by atoms with Crippen molar-refractivity contribution in [3.05, 3.63) is 0 Å². The fourth-order valence-electron chi connectivity index (χ4n) is 0. The molecule has 0 saturated carbocycles. The molecule has 0 heterocycles. The van der Waals surface area contributed by atoms with Gasteiger partial charge in [-0.1, -0.05) is 13.8 Å². The van der Waals surface area contributed by atoms with Gasteiger partial charge in [0.1, 0.15) is 0 Å². The molecule has 0 unspecified atom stereocenters. The average molecular weight is 90.1 g/mol. The van der Waals surface area contributed by atoms with Gasteiger partial charge in [-0.05, 0) is 0 Å². The zero-order valence-electron chi connectivity index (χ0n) is 2.00. The maximum Gasteiger partial charge on any atom is 0.187 e. The van der Waals surface area contributed by atoms with Crippen molar-refractivity contribution in [1.82, 2.24) is 0 Å². The van der Waals surface area contributed by atoms with Crippen LogP contribution in [-0.2, 0) is 0 Å². The molecule has 0 fully saturated rings. The van der Waals surface area contributed by atoms with Gasteiger partial charge in [0.2, 0.25) is 0 Å². The zero-order valence-corrected chi connectivity index (χ0v) is 2.00. The molecule has 0 aromatic carbocycles. The van der Waals surface area contributed by atoms with Crippen LogP contribution in [0.2, 0.25) is 0 Å². The first-order valence-electron chi connectivity index (χ1n) is 1.00. The van der Waals surface area contributed by atoms with Crippen molar-refractivity contribution in [3.63, 3.8) is 0 Å². The minimum atomic E-state index is 0. The van der Waals surface area contributed by atoms with Crippen molar-refractivity contribution >= 4 is 34.7 Å². The van der Waals surface area contributed by atoms with Crippen LogP contribution in [0.25, 0.3) is 0 Å². The van der Waals surface area contributed by atoms with Crippen LogP contribution in [-0.4, -0.2) is 34.7 Å². The van der Waals surface area contributed by atoms with E-state index in [0.29, 0.717) is 0 Å². The summed E-state index contributed by atoms with van der Waals surface area (Å²) in [5.74, 6) is 0.